The average molecular weight is 527 g/mol. The molecule has 0 aromatic heterocycles. The van der Waals surface area contributed by atoms with Gasteiger partial charge in [-0.2, -0.15) is 8.42 Å². The van der Waals surface area contributed by atoms with Gasteiger partial charge in [-0.05, 0) is 41.8 Å². The van der Waals surface area contributed by atoms with Gasteiger partial charge in [0.25, 0.3) is 10.1 Å². The fourth-order valence-corrected chi connectivity index (χ4v) is 3.95. The van der Waals surface area contributed by atoms with Crippen LogP contribution < -0.4 is 10.5 Å². The van der Waals surface area contributed by atoms with Crippen molar-refractivity contribution in [3.63, 3.8) is 0 Å². The fourth-order valence-electron chi connectivity index (χ4n) is 3.07. The third-order valence-corrected chi connectivity index (χ3v) is 5.99. The topological polar surface area (TPSA) is 135 Å². The molecule has 4 aromatic carbocycles. The van der Waals surface area contributed by atoms with Gasteiger partial charge >= 0.3 is 0 Å². The SMILES string of the molecule is Nc1ccc2cc(S(=O)(=O)O)cc(O)c2c1N=Nc1ccc(Cl)cc1Oc1ccccc1Cl.[Na]. The van der Waals surface area contributed by atoms with Gasteiger partial charge in [-0.25, -0.2) is 0 Å². The summed E-state index contributed by atoms with van der Waals surface area (Å²) in [7, 11) is -4.52. The second-order valence-corrected chi connectivity index (χ2v) is 9.13. The van der Waals surface area contributed by atoms with E-state index >= 15 is 0 Å². The molecule has 4 N–H and O–H groups in total. The monoisotopic (exact) mass is 526 g/mol. The molecule has 34 heavy (non-hydrogen) atoms. The van der Waals surface area contributed by atoms with Gasteiger partial charge in [-0.3, -0.25) is 4.55 Å². The number of nitrogens with zero attached hydrogens (tertiary/aromatic N) is 2. The zero-order valence-electron chi connectivity index (χ0n) is 17.6. The molecule has 0 aliphatic rings. The maximum absolute atomic E-state index is 11.5. The van der Waals surface area contributed by atoms with E-state index in [4.69, 9.17) is 33.7 Å². The summed E-state index contributed by atoms with van der Waals surface area (Å²) in [5.74, 6) is 0.221. The summed E-state index contributed by atoms with van der Waals surface area (Å²) in [5, 5.41) is 20.1. The van der Waals surface area contributed by atoms with Crippen molar-refractivity contribution >= 4 is 90.7 Å². The number of hydrogen-bond acceptors (Lipinski definition) is 7. The number of para-hydroxylation sites is 1. The summed E-state index contributed by atoms with van der Waals surface area (Å²) in [6.07, 6.45) is 0. The number of anilines is 1. The molecule has 1 radical (unpaired) electrons. The predicted molar refractivity (Wildman–Crippen MR) is 133 cm³/mol. The number of ether oxygens (including phenoxy) is 1. The molecule has 0 atom stereocenters. The Balaban J connectivity index is 0.00000324. The Bertz CT molecular complexity index is 1530. The van der Waals surface area contributed by atoms with Crippen molar-refractivity contribution in [1.29, 1.82) is 0 Å². The number of aromatic hydroxyl groups is 1. The summed E-state index contributed by atoms with van der Waals surface area (Å²) in [6.45, 7) is 0. The van der Waals surface area contributed by atoms with Crippen LogP contribution in [-0.4, -0.2) is 47.6 Å². The van der Waals surface area contributed by atoms with E-state index in [-0.39, 0.29) is 57.5 Å². The Morgan fingerprint density at radius 2 is 1.65 bits per heavy atom. The van der Waals surface area contributed by atoms with Crippen molar-refractivity contribution in [2.75, 3.05) is 5.73 Å². The molecule has 0 aliphatic heterocycles. The van der Waals surface area contributed by atoms with Gasteiger partial charge in [0.1, 0.15) is 22.9 Å². The van der Waals surface area contributed by atoms with E-state index < -0.39 is 20.8 Å². The number of nitrogens with two attached hydrogens (primary N) is 1. The second kappa shape index (κ2) is 10.5. The van der Waals surface area contributed by atoms with Gasteiger partial charge in [-0.1, -0.05) is 41.4 Å². The number of phenols is 1. The van der Waals surface area contributed by atoms with Gasteiger partial charge in [0.15, 0.2) is 5.75 Å². The van der Waals surface area contributed by atoms with Crippen LogP contribution in [-0.2, 0) is 10.1 Å². The molecule has 0 unspecified atom stereocenters. The Labute approximate surface area is 227 Å². The van der Waals surface area contributed by atoms with Gasteiger partial charge in [-0.15, -0.1) is 10.2 Å². The number of phenolic OH excluding ortho intramolecular Hbond substituents is 1. The molecular weight excluding hydrogens is 512 g/mol. The first kappa shape index (κ1) is 26.2. The van der Waals surface area contributed by atoms with E-state index in [1.807, 2.05) is 0 Å². The number of rotatable bonds is 5. The molecule has 0 bridgehead atoms. The molecule has 0 spiro atoms. The van der Waals surface area contributed by atoms with Crippen LogP contribution in [0.25, 0.3) is 10.8 Å². The second-order valence-electron chi connectivity index (χ2n) is 6.86. The summed E-state index contributed by atoms with van der Waals surface area (Å²) in [4.78, 5) is -0.465. The number of benzene rings is 4. The van der Waals surface area contributed by atoms with Crippen LogP contribution in [0, 0.1) is 0 Å². The Kier molecular flexibility index (Phi) is 8.10. The average Bonchev–Trinajstić information content (AvgIpc) is 2.75. The number of fused-ring (bicyclic) bond motifs is 1. The first-order valence-electron chi connectivity index (χ1n) is 9.30. The molecule has 0 saturated carbocycles. The van der Waals surface area contributed by atoms with Crippen LogP contribution in [0.3, 0.4) is 0 Å². The van der Waals surface area contributed by atoms with Crippen molar-refractivity contribution in [3.8, 4) is 17.2 Å². The van der Waals surface area contributed by atoms with Crippen LogP contribution in [0.1, 0.15) is 0 Å². The molecule has 8 nitrogen and oxygen atoms in total. The number of azo groups is 1. The third kappa shape index (κ3) is 5.64. The third-order valence-electron chi connectivity index (χ3n) is 4.61. The number of halogens is 2. The first-order chi connectivity index (χ1) is 15.6. The van der Waals surface area contributed by atoms with Gasteiger partial charge in [0.05, 0.1) is 21.0 Å². The van der Waals surface area contributed by atoms with E-state index in [9.17, 15) is 18.1 Å². The van der Waals surface area contributed by atoms with Gasteiger partial charge < -0.3 is 15.6 Å². The van der Waals surface area contributed by atoms with Crippen molar-refractivity contribution in [3.05, 3.63) is 76.8 Å². The summed E-state index contributed by atoms with van der Waals surface area (Å²) >= 11 is 12.3. The van der Waals surface area contributed by atoms with E-state index in [0.717, 1.165) is 6.07 Å². The van der Waals surface area contributed by atoms with E-state index in [2.05, 4.69) is 10.2 Å². The quantitative estimate of drug-likeness (QED) is 0.117. The molecule has 0 aliphatic carbocycles. The Hall–Kier alpha value is -2.37. The predicted octanol–water partition coefficient (Wildman–Crippen LogP) is 6.51. The molecule has 169 valence electrons. The largest absolute Gasteiger partial charge is 0.507 e. The zero-order valence-corrected chi connectivity index (χ0v) is 21.9. The molecule has 0 fully saturated rings. The summed E-state index contributed by atoms with van der Waals surface area (Å²) in [6, 6.07) is 16.7. The van der Waals surface area contributed by atoms with Crippen molar-refractivity contribution < 1.29 is 22.8 Å². The molecule has 0 heterocycles. The van der Waals surface area contributed by atoms with Crippen LogP contribution in [0.5, 0.6) is 17.2 Å². The summed E-state index contributed by atoms with van der Waals surface area (Å²) < 4.78 is 38.1. The van der Waals surface area contributed by atoms with Gasteiger partial charge in [0, 0.05) is 46.7 Å². The molecule has 4 rings (SSSR count). The molecule has 4 aromatic rings. The Morgan fingerprint density at radius 3 is 2.35 bits per heavy atom. The van der Waals surface area contributed by atoms with E-state index in [1.165, 1.54) is 18.2 Å². The molecule has 0 saturated heterocycles. The van der Waals surface area contributed by atoms with Crippen LogP contribution in [0.2, 0.25) is 10.0 Å². The zero-order chi connectivity index (χ0) is 23.8. The van der Waals surface area contributed by atoms with E-state index in [0.29, 0.717) is 21.5 Å². The Morgan fingerprint density at radius 1 is 0.912 bits per heavy atom. The summed E-state index contributed by atoms with van der Waals surface area (Å²) in [5.41, 5.74) is 6.63. The minimum atomic E-state index is -4.52. The normalized spacial score (nSPS) is 11.5. The molecule has 0 amide bonds. The fraction of sp³-hybridized carbons (Fsp3) is 0. The van der Waals surface area contributed by atoms with Crippen molar-refractivity contribution in [2.45, 2.75) is 4.90 Å². The maximum atomic E-state index is 11.5. The first-order valence-corrected chi connectivity index (χ1v) is 11.5. The maximum Gasteiger partial charge on any atom is 0.294 e. The molecular formula is C22H15Cl2N3NaO5S. The van der Waals surface area contributed by atoms with Crippen LogP contribution in [0.4, 0.5) is 17.1 Å². The molecule has 12 heteroatoms. The minimum absolute atomic E-state index is 0. The number of nitrogen functional groups attached to an aromatic ring is 1. The minimum Gasteiger partial charge on any atom is -0.507 e. The number of hydrogen-bond donors (Lipinski definition) is 3. The van der Waals surface area contributed by atoms with Gasteiger partial charge in [0.2, 0.25) is 0 Å². The van der Waals surface area contributed by atoms with E-state index in [1.54, 1.807) is 42.5 Å². The van der Waals surface area contributed by atoms with Crippen LogP contribution >= 0.6 is 23.2 Å². The van der Waals surface area contributed by atoms with Crippen molar-refractivity contribution in [2.24, 2.45) is 10.2 Å². The van der Waals surface area contributed by atoms with Crippen molar-refractivity contribution in [1.82, 2.24) is 0 Å². The smallest absolute Gasteiger partial charge is 0.294 e. The standard InChI is InChI=1S/C22H15Cl2N3O5S.Na/c23-13-6-8-17(20(10-13)32-19-4-2-1-3-15(19)24)26-27-22-16(25)7-5-12-9-14(33(29,30)31)11-18(28)21(12)22;/h1-11,28H,25H2,(H,29,30,31);. The van der Waals surface area contributed by atoms with Crippen LogP contribution in [0.15, 0.2) is 81.9 Å².